The molecule has 1 aliphatic carbocycles. The van der Waals surface area contributed by atoms with Gasteiger partial charge in [0, 0.05) is 24.3 Å². The molecule has 2 rings (SSSR count). The Morgan fingerprint density at radius 2 is 2.40 bits per heavy atom. The number of nitrogens with zero attached hydrogens (tertiary/aromatic N) is 2. The van der Waals surface area contributed by atoms with E-state index in [1.165, 1.54) is 0 Å². The Morgan fingerprint density at radius 1 is 1.73 bits per heavy atom. The fourth-order valence-electron chi connectivity index (χ4n) is 1.41. The molecule has 1 aromatic heterocycles. The SMILES string of the molecule is Cc1c(C(Cl)C(=O)NC2CC2)cnn1C. The van der Waals surface area contributed by atoms with Gasteiger partial charge in [0.15, 0.2) is 0 Å². The number of nitrogens with one attached hydrogen (secondary N) is 1. The van der Waals surface area contributed by atoms with Crippen molar-refractivity contribution in [2.24, 2.45) is 7.05 Å². The molecular formula is C10H14ClN3O. The Hall–Kier alpha value is -1.03. The highest BCUT2D eigenvalue weighted by Gasteiger charge is 2.28. The van der Waals surface area contributed by atoms with Crippen LogP contribution in [0.25, 0.3) is 0 Å². The normalized spacial score (nSPS) is 17.5. The van der Waals surface area contributed by atoms with Gasteiger partial charge in [-0.15, -0.1) is 11.6 Å². The van der Waals surface area contributed by atoms with Gasteiger partial charge < -0.3 is 5.32 Å². The summed E-state index contributed by atoms with van der Waals surface area (Å²) in [6.45, 7) is 1.90. The van der Waals surface area contributed by atoms with Crippen molar-refractivity contribution in [1.82, 2.24) is 15.1 Å². The summed E-state index contributed by atoms with van der Waals surface area (Å²) in [4.78, 5) is 11.7. The van der Waals surface area contributed by atoms with E-state index in [1.54, 1.807) is 10.9 Å². The Balaban J connectivity index is 2.08. The van der Waals surface area contributed by atoms with Gasteiger partial charge in [0.1, 0.15) is 5.38 Å². The van der Waals surface area contributed by atoms with Crippen LogP contribution in [0.4, 0.5) is 0 Å². The maximum Gasteiger partial charge on any atom is 0.242 e. The van der Waals surface area contributed by atoms with Crippen LogP contribution in [-0.4, -0.2) is 21.7 Å². The minimum atomic E-state index is -0.626. The molecular weight excluding hydrogens is 214 g/mol. The van der Waals surface area contributed by atoms with Gasteiger partial charge in [-0.1, -0.05) is 0 Å². The molecule has 15 heavy (non-hydrogen) atoms. The monoisotopic (exact) mass is 227 g/mol. The summed E-state index contributed by atoms with van der Waals surface area (Å²) in [5.74, 6) is -0.115. The summed E-state index contributed by atoms with van der Waals surface area (Å²) in [6, 6.07) is 0.343. The summed E-state index contributed by atoms with van der Waals surface area (Å²) in [5, 5.41) is 6.32. The van der Waals surface area contributed by atoms with E-state index in [9.17, 15) is 4.79 Å². The van der Waals surface area contributed by atoms with Crippen LogP contribution in [0.15, 0.2) is 6.20 Å². The number of amides is 1. The van der Waals surface area contributed by atoms with Crippen molar-refractivity contribution in [3.8, 4) is 0 Å². The second kappa shape index (κ2) is 3.85. The van der Waals surface area contributed by atoms with Gasteiger partial charge >= 0.3 is 0 Å². The molecule has 1 amide bonds. The highest BCUT2D eigenvalue weighted by Crippen LogP contribution is 2.26. The quantitative estimate of drug-likeness (QED) is 0.791. The zero-order chi connectivity index (χ0) is 11.0. The van der Waals surface area contributed by atoms with E-state index in [2.05, 4.69) is 10.4 Å². The smallest absolute Gasteiger partial charge is 0.242 e. The molecule has 1 fully saturated rings. The number of carbonyl (C=O) groups excluding carboxylic acids is 1. The lowest BCUT2D eigenvalue weighted by Crippen LogP contribution is -2.28. The molecule has 1 N–H and O–H groups in total. The van der Waals surface area contributed by atoms with Crippen LogP contribution in [0.5, 0.6) is 0 Å². The first kappa shape index (κ1) is 10.5. The molecule has 1 heterocycles. The summed E-state index contributed by atoms with van der Waals surface area (Å²) >= 11 is 6.08. The van der Waals surface area contributed by atoms with Crippen molar-refractivity contribution in [2.45, 2.75) is 31.2 Å². The largest absolute Gasteiger partial charge is 0.352 e. The molecule has 0 saturated heterocycles. The second-order valence-electron chi connectivity index (χ2n) is 3.95. The zero-order valence-corrected chi connectivity index (χ0v) is 9.58. The third-order valence-electron chi connectivity index (χ3n) is 2.70. The van der Waals surface area contributed by atoms with Crippen molar-refractivity contribution >= 4 is 17.5 Å². The van der Waals surface area contributed by atoms with Crippen molar-refractivity contribution in [1.29, 1.82) is 0 Å². The van der Waals surface area contributed by atoms with Gasteiger partial charge in [0.25, 0.3) is 0 Å². The summed E-state index contributed by atoms with van der Waals surface area (Å²) in [5.41, 5.74) is 1.72. The maximum absolute atomic E-state index is 11.7. The maximum atomic E-state index is 11.7. The second-order valence-corrected chi connectivity index (χ2v) is 4.39. The lowest BCUT2D eigenvalue weighted by molar-refractivity contribution is -0.121. The van der Waals surface area contributed by atoms with Gasteiger partial charge in [0.2, 0.25) is 5.91 Å². The molecule has 1 aliphatic rings. The fourth-order valence-corrected chi connectivity index (χ4v) is 1.68. The molecule has 0 radical (unpaired) electrons. The van der Waals surface area contributed by atoms with E-state index in [0.29, 0.717) is 6.04 Å². The number of rotatable bonds is 3. The Labute approximate surface area is 93.6 Å². The van der Waals surface area contributed by atoms with E-state index in [0.717, 1.165) is 24.1 Å². The minimum absolute atomic E-state index is 0.115. The first-order chi connectivity index (χ1) is 7.09. The predicted octanol–water partition coefficient (Wildman–Crippen LogP) is 1.29. The molecule has 0 spiro atoms. The molecule has 1 atom stereocenters. The highest BCUT2D eigenvalue weighted by molar-refractivity contribution is 6.30. The average Bonchev–Trinajstić information content (AvgIpc) is 2.95. The predicted molar refractivity (Wildman–Crippen MR) is 57.7 cm³/mol. The number of hydrogen-bond acceptors (Lipinski definition) is 2. The number of aromatic nitrogens is 2. The van der Waals surface area contributed by atoms with Gasteiger partial charge in [-0.3, -0.25) is 9.48 Å². The fraction of sp³-hybridized carbons (Fsp3) is 0.600. The average molecular weight is 228 g/mol. The summed E-state index contributed by atoms with van der Waals surface area (Å²) in [6.07, 6.45) is 3.79. The van der Waals surface area contributed by atoms with Crippen LogP contribution < -0.4 is 5.32 Å². The standard InChI is InChI=1S/C10H14ClN3O/c1-6-8(5-12-14(6)2)9(11)10(15)13-7-3-4-7/h5,7,9H,3-4H2,1-2H3,(H,13,15). The van der Waals surface area contributed by atoms with Crippen LogP contribution in [0, 0.1) is 6.92 Å². The Bertz CT molecular complexity index is 384. The molecule has 1 saturated carbocycles. The topological polar surface area (TPSA) is 46.9 Å². The molecule has 82 valence electrons. The van der Waals surface area contributed by atoms with E-state index in [4.69, 9.17) is 11.6 Å². The van der Waals surface area contributed by atoms with Crippen molar-refractivity contribution in [2.75, 3.05) is 0 Å². The van der Waals surface area contributed by atoms with E-state index >= 15 is 0 Å². The van der Waals surface area contributed by atoms with Gasteiger partial charge in [-0.05, 0) is 19.8 Å². The molecule has 1 unspecified atom stereocenters. The number of carbonyl (C=O) groups is 1. The third kappa shape index (κ3) is 2.15. The Kier molecular flexibility index (Phi) is 2.69. The molecule has 1 aromatic rings. The lowest BCUT2D eigenvalue weighted by atomic mass is 10.2. The zero-order valence-electron chi connectivity index (χ0n) is 8.83. The minimum Gasteiger partial charge on any atom is -0.352 e. The van der Waals surface area contributed by atoms with Gasteiger partial charge in [-0.2, -0.15) is 5.10 Å². The van der Waals surface area contributed by atoms with Crippen LogP contribution in [0.2, 0.25) is 0 Å². The molecule has 0 aliphatic heterocycles. The van der Waals surface area contributed by atoms with E-state index in [1.807, 2.05) is 14.0 Å². The number of halogens is 1. The summed E-state index contributed by atoms with van der Waals surface area (Å²) in [7, 11) is 1.83. The van der Waals surface area contributed by atoms with Gasteiger partial charge in [-0.25, -0.2) is 0 Å². The van der Waals surface area contributed by atoms with Crippen molar-refractivity contribution < 1.29 is 4.79 Å². The van der Waals surface area contributed by atoms with Crippen molar-refractivity contribution in [3.63, 3.8) is 0 Å². The first-order valence-electron chi connectivity index (χ1n) is 5.02. The molecule has 5 heteroatoms. The van der Waals surface area contributed by atoms with Gasteiger partial charge in [0.05, 0.1) is 6.20 Å². The van der Waals surface area contributed by atoms with Crippen molar-refractivity contribution in [3.05, 3.63) is 17.5 Å². The number of aryl methyl sites for hydroxylation is 1. The van der Waals surface area contributed by atoms with E-state index < -0.39 is 5.38 Å². The molecule has 4 nitrogen and oxygen atoms in total. The van der Waals surface area contributed by atoms with Crippen LogP contribution in [0.3, 0.4) is 0 Å². The van der Waals surface area contributed by atoms with Crippen LogP contribution >= 0.6 is 11.6 Å². The van der Waals surface area contributed by atoms with Crippen LogP contribution in [-0.2, 0) is 11.8 Å². The lowest BCUT2D eigenvalue weighted by Gasteiger charge is -2.09. The molecule has 0 bridgehead atoms. The first-order valence-corrected chi connectivity index (χ1v) is 5.46. The third-order valence-corrected chi connectivity index (χ3v) is 3.13. The highest BCUT2D eigenvalue weighted by atomic mass is 35.5. The number of alkyl halides is 1. The van der Waals surface area contributed by atoms with E-state index in [-0.39, 0.29) is 5.91 Å². The number of hydrogen-bond donors (Lipinski definition) is 1. The Morgan fingerprint density at radius 3 is 2.87 bits per heavy atom. The summed E-state index contributed by atoms with van der Waals surface area (Å²) < 4.78 is 1.72. The van der Waals surface area contributed by atoms with Crippen LogP contribution in [0.1, 0.15) is 29.5 Å². The molecule has 0 aromatic carbocycles.